The number of carbonyl (C=O) groups is 1. The van der Waals surface area contributed by atoms with Crippen LogP contribution in [0.15, 0.2) is 29.6 Å². The third-order valence-corrected chi connectivity index (χ3v) is 5.56. The molecular formula is C19H22F3N3OS. The van der Waals surface area contributed by atoms with Gasteiger partial charge in [0.2, 0.25) is 5.91 Å². The summed E-state index contributed by atoms with van der Waals surface area (Å²) in [6.45, 7) is 1.86. The predicted octanol–water partition coefficient (Wildman–Crippen LogP) is 5.46. The maximum absolute atomic E-state index is 12.6. The fraction of sp³-hybridized carbons (Fsp3) is 0.474. The van der Waals surface area contributed by atoms with E-state index in [1.54, 1.807) is 12.1 Å². The van der Waals surface area contributed by atoms with Crippen molar-refractivity contribution < 1.29 is 18.0 Å². The summed E-state index contributed by atoms with van der Waals surface area (Å²) < 4.78 is 37.8. The molecule has 0 spiro atoms. The van der Waals surface area contributed by atoms with Crippen LogP contribution in [-0.4, -0.2) is 16.9 Å². The third kappa shape index (κ3) is 5.22. The first-order valence-electron chi connectivity index (χ1n) is 9.03. The summed E-state index contributed by atoms with van der Waals surface area (Å²) in [6.07, 6.45) is 1.18. The van der Waals surface area contributed by atoms with Crippen LogP contribution in [0, 0.1) is 0 Å². The van der Waals surface area contributed by atoms with Crippen LogP contribution < -0.4 is 10.6 Å². The molecule has 1 aromatic heterocycles. The average molecular weight is 397 g/mol. The van der Waals surface area contributed by atoms with E-state index >= 15 is 0 Å². The van der Waals surface area contributed by atoms with Crippen molar-refractivity contribution in [2.24, 2.45) is 0 Å². The normalized spacial score (nSPS) is 16.7. The zero-order valence-corrected chi connectivity index (χ0v) is 15.8. The second-order valence-corrected chi connectivity index (χ2v) is 7.71. The molecule has 0 unspecified atom stereocenters. The Bertz CT molecular complexity index is 767. The van der Waals surface area contributed by atoms with E-state index in [1.807, 2.05) is 19.1 Å². The van der Waals surface area contributed by atoms with E-state index in [0.717, 1.165) is 48.0 Å². The zero-order valence-electron chi connectivity index (χ0n) is 15.0. The second kappa shape index (κ2) is 8.29. The highest BCUT2D eigenvalue weighted by atomic mass is 32.1. The standard InChI is InChI=1S/C19H22F3N3OS/c1-12(17(26)23-14-5-3-2-4-6-14)13-7-9-15(10-8-13)24-18-25-16(11-27-18)19(20,21)22/h7-12,14H,2-6H2,1H3,(H,23,26)(H,24,25)/t12-/m0/s1. The van der Waals surface area contributed by atoms with Crippen LogP contribution in [0.4, 0.5) is 24.0 Å². The Hall–Kier alpha value is -2.09. The minimum absolute atomic E-state index is 0.0114. The van der Waals surface area contributed by atoms with Gasteiger partial charge in [-0.25, -0.2) is 4.98 Å². The monoisotopic (exact) mass is 397 g/mol. The number of hydrogen-bond acceptors (Lipinski definition) is 4. The van der Waals surface area contributed by atoms with Crippen LogP contribution in [-0.2, 0) is 11.0 Å². The Labute approximate surface area is 160 Å². The summed E-state index contributed by atoms with van der Waals surface area (Å²) >= 11 is 0.900. The Morgan fingerprint density at radius 2 is 1.85 bits per heavy atom. The number of rotatable bonds is 5. The number of alkyl halides is 3. The maximum Gasteiger partial charge on any atom is 0.434 e. The van der Waals surface area contributed by atoms with Crippen molar-refractivity contribution in [2.75, 3.05) is 5.32 Å². The molecule has 1 aromatic carbocycles. The number of nitrogens with one attached hydrogen (secondary N) is 2. The Morgan fingerprint density at radius 1 is 1.19 bits per heavy atom. The summed E-state index contributed by atoms with van der Waals surface area (Å²) in [7, 11) is 0. The van der Waals surface area contributed by atoms with Gasteiger partial charge in [0.1, 0.15) is 0 Å². The SMILES string of the molecule is C[C@H](C(=O)NC1CCCCC1)c1ccc(Nc2nc(C(F)(F)F)cs2)cc1. The smallest absolute Gasteiger partial charge is 0.353 e. The fourth-order valence-electron chi connectivity index (χ4n) is 3.16. The van der Waals surface area contributed by atoms with E-state index in [-0.39, 0.29) is 23.0 Å². The first-order chi connectivity index (χ1) is 12.8. The van der Waals surface area contributed by atoms with Gasteiger partial charge in [0.25, 0.3) is 0 Å². The number of amides is 1. The van der Waals surface area contributed by atoms with Gasteiger partial charge in [0, 0.05) is 17.1 Å². The number of anilines is 2. The van der Waals surface area contributed by atoms with Crippen molar-refractivity contribution in [1.82, 2.24) is 10.3 Å². The summed E-state index contributed by atoms with van der Waals surface area (Å²) in [5.74, 6) is -0.268. The molecule has 1 atom stereocenters. The highest BCUT2D eigenvalue weighted by molar-refractivity contribution is 7.13. The van der Waals surface area contributed by atoms with Gasteiger partial charge in [-0.1, -0.05) is 31.4 Å². The molecule has 0 aliphatic heterocycles. The molecule has 0 saturated heterocycles. The molecular weight excluding hydrogens is 375 g/mol. The topological polar surface area (TPSA) is 54.0 Å². The van der Waals surface area contributed by atoms with E-state index in [1.165, 1.54) is 6.42 Å². The Balaban J connectivity index is 1.59. The Morgan fingerprint density at radius 3 is 2.44 bits per heavy atom. The van der Waals surface area contributed by atoms with Gasteiger partial charge < -0.3 is 10.6 Å². The van der Waals surface area contributed by atoms with Crippen molar-refractivity contribution in [2.45, 2.75) is 57.2 Å². The molecule has 2 aromatic rings. The van der Waals surface area contributed by atoms with E-state index in [2.05, 4.69) is 15.6 Å². The van der Waals surface area contributed by atoms with Crippen molar-refractivity contribution in [3.8, 4) is 0 Å². The molecule has 0 bridgehead atoms. The molecule has 27 heavy (non-hydrogen) atoms. The molecule has 2 N–H and O–H groups in total. The minimum Gasteiger partial charge on any atom is -0.353 e. The number of aromatic nitrogens is 1. The van der Waals surface area contributed by atoms with Crippen molar-refractivity contribution >= 4 is 28.1 Å². The van der Waals surface area contributed by atoms with Crippen LogP contribution in [0.1, 0.15) is 56.2 Å². The largest absolute Gasteiger partial charge is 0.434 e. The molecule has 1 aliphatic carbocycles. The maximum atomic E-state index is 12.6. The number of benzene rings is 1. The lowest BCUT2D eigenvalue weighted by atomic mass is 9.94. The molecule has 1 amide bonds. The van der Waals surface area contributed by atoms with Crippen LogP contribution in [0.5, 0.6) is 0 Å². The molecule has 3 rings (SSSR count). The van der Waals surface area contributed by atoms with E-state index < -0.39 is 11.9 Å². The molecule has 4 nitrogen and oxygen atoms in total. The first kappa shape index (κ1) is 19.7. The molecule has 0 radical (unpaired) electrons. The number of carbonyl (C=O) groups excluding carboxylic acids is 1. The van der Waals surface area contributed by atoms with Gasteiger partial charge in [-0.15, -0.1) is 11.3 Å². The van der Waals surface area contributed by atoms with Gasteiger partial charge in [-0.2, -0.15) is 13.2 Å². The van der Waals surface area contributed by atoms with Crippen LogP contribution >= 0.6 is 11.3 Å². The molecule has 1 heterocycles. The zero-order chi connectivity index (χ0) is 19.4. The van der Waals surface area contributed by atoms with Gasteiger partial charge in [-0.3, -0.25) is 4.79 Å². The van der Waals surface area contributed by atoms with E-state index in [4.69, 9.17) is 0 Å². The van der Waals surface area contributed by atoms with Crippen molar-refractivity contribution in [3.05, 3.63) is 40.9 Å². The number of nitrogens with zero attached hydrogens (tertiary/aromatic N) is 1. The molecule has 1 aliphatic rings. The van der Waals surface area contributed by atoms with Crippen LogP contribution in [0.25, 0.3) is 0 Å². The van der Waals surface area contributed by atoms with Gasteiger partial charge in [0.05, 0.1) is 5.92 Å². The molecule has 1 fully saturated rings. The summed E-state index contributed by atoms with van der Waals surface area (Å²) in [6, 6.07) is 7.38. The average Bonchev–Trinajstić information content (AvgIpc) is 3.11. The predicted molar refractivity (Wildman–Crippen MR) is 100 cm³/mol. The highest BCUT2D eigenvalue weighted by Crippen LogP contribution is 2.32. The van der Waals surface area contributed by atoms with Crippen LogP contribution in [0.2, 0.25) is 0 Å². The van der Waals surface area contributed by atoms with Crippen LogP contribution in [0.3, 0.4) is 0 Å². The third-order valence-electron chi connectivity index (χ3n) is 4.80. The second-order valence-electron chi connectivity index (χ2n) is 6.85. The van der Waals surface area contributed by atoms with Crippen molar-refractivity contribution in [1.29, 1.82) is 0 Å². The van der Waals surface area contributed by atoms with Gasteiger partial charge >= 0.3 is 6.18 Å². The fourth-order valence-corrected chi connectivity index (χ4v) is 3.90. The molecule has 146 valence electrons. The van der Waals surface area contributed by atoms with Gasteiger partial charge in [0.15, 0.2) is 10.8 Å². The highest BCUT2D eigenvalue weighted by Gasteiger charge is 2.33. The minimum atomic E-state index is -4.44. The van der Waals surface area contributed by atoms with E-state index in [0.29, 0.717) is 5.69 Å². The lowest BCUT2D eigenvalue weighted by molar-refractivity contribution is -0.140. The summed E-state index contributed by atoms with van der Waals surface area (Å²) in [5.41, 5.74) is 0.588. The lowest BCUT2D eigenvalue weighted by Gasteiger charge is -2.24. The number of halogens is 3. The number of thiazole rings is 1. The summed E-state index contributed by atoms with van der Waals surface area (Å²) in [5, 5.41) is 7.14. The first-order valence-corrected chi connectivity index (χ1v) is 9.91. The Kier molecular flexibility index (Phi) is 6.04. The molecule has 1 saturated carbocycles. The summed E-state index contributed by atoms with van der Waals surface area (Å²) in [4.78, 5) is 16.0. The van der Waals surface area contributed by atoms with Gasteiger partial charge in [-0.05, 0) is 37.5 Å². The van der Waals surface area contributed by atoms with E-state index in [9.17, 15) is 18.0 Å². The van der Waals surface area contributed by atoms with Crippen molar-refractivity contribution in [3.63, 3.8) is 0 Å². The quantitative estimate of drug-likeness (QED) is 0.705. The molecule has 8 heteroatoms. The number of hydrogen-bond donors (Lipinski definition) is 2. The lowest BCUT2D eigenvalue weighted by Crippen LogP contribution is -2.38.